The van der Waals surface area contributed by atoms with Gasteiger partial charge in [-0.15, -0.1) is 0 Å². The molecule has 110 valence electrons. The third kappa shape index (κ3) is 3.99. The van der Waals surface area contributed by atoms with Crippen molar-refractivity contribution in [2.24, 2.45) is 0 Å². The molecule has 0 unspecified atom stereocenters. The summed E-state index contributed by atoms with van der Waals surface area (Å²) in [5.74, 6) is 1.42. The van der Waals surface area contributed by atoms with Gasteiger partial charge in [0.2, 0.25) is 0 Å². The van der Waals surface area contributed by atoms with Gasteiger partial charge in [-0.2, -0.15) is 0 Å². The van der Waals surface area contributed by atoms with Crippen LogP contribution in [0, 0.1) is 0 Å². The first-order valence-corrected chi connectivity index (χ1v) is 7.10. The number of halogens is 1. The molecule has 0 aliphatic carbocycles. The van der Waals surface area contributed by atoms with Gasteiger partial charge in [-0.1, -0.05) is 19.1 Å². The van der Waals surface area contributed by atoms with Crippen molar-refractivity contribution in [1.82, 2.24) is 0 Å². The quantitative estimate of drug-likeness (QED) is 0.750. The Hall–Kier alpha value is -2.00. The lowest BCUT2D eigenvalue weighted by atomic mass is 10.1. The fourth-order valence-corrected chi connectivity index (χ4v) is 2.18. The molecule has 2 aromatic rings. The van der Waals surface area contributed by atoms with Crippen molar-refractivity contribution in [3.63, 3.8) is 0 Å². The summed E-state index contributed by atoms with van der Waals surface area (Å²) in [7, 11) is 1.58. The normalized spacial score (nSPS) is 10.2. The van der Waals surface area contributed by atoms with Crippen LogP contribution in [0.2, 0.25) is 0 Å². The average Bonchev–Trinajstić information content (AvgIpc) is 2.52. The molecular weight excluding hydrogens is 288 g/mol. The Morgan fingerprint density at radius 3 is 2.33 bits per heavy atom. The lowest BCUT2D eigenvalue weighted by Crippen LogP contribution is -2.03. The van der Waals surface area contributed by atoms with Gasteiger partial charge in [0.25, 0.3) is 5.24 Å². The van der Waals surface area contributed by atoms with Crippen LogP contribution in [0.1, 0.15) is 28.4 Å². The molecule has 2 rings (SSSR count). The van der Waals surface area contributed by atoms with Crippen molar-refractivity contribution in [3.8, 4) is 11.5 Å². The summed E-state index contributed by atoms with van der Waals surface area (Å²) < 4.78 is 10.9. The lowest BCUT2D eigenvalue weighted by Gasteiger charge is -2.11. The molecule has 0 spiro atoms. The highest BCUT2D eigenvalue weighted by Gasteiger charge is 2.11. The van der Waals surface area contributed by atoms with E-state index in [1.54, 1.807) is 25.3 Å². The molecule has 0 bridgehead atoms. The van der Waals surface area contributed by atoms with E-state index in [9.17, 15) is 4.79 Å². The van der Waals surface area contributed by atoms with Crippen molar-refractivity contribution in [3.05, 3.63) is 59.2 Å². The molecule has 0 N–H and O–H groups in total. The van der Waals surface area contributed by atoms with Crippen LogP contribution in [-0.4, -0.2) is 12.4 Å². The molecule has 0 saturated heterocycles. The molecule has 0 heterocycles. The molecular formula is C17H17ClO3. The molecule has 0 radical (unpaired) electrons. The van der Waals surface area contributed by atoms with Gasteiger partial charge in [-0.3, -0.25) is 4.79 Å². The highest BCUT2D eigenvalue weighted by atomic mass is 35.5. The zero-order valence-corrected chi connectivity index (χ0v) is 12.8. The first kappa shape index (κ1) is 15.4. The molecule has 0 atom stereocenters. The summed E-state index contributed by atoms with van der Waals surface area (Å²) in [4.78, 5) is 11.4. The zero-order chi connectivity index (χ0) is 15.2. The van der Waals surface area contributed by atoms with E-state index in [-0.39, 0.29) is 6.61 Å². The van der Waals surface area contributed by atoms with Crippen LogP contribution >= 0.6 is 11.6 Å². The number of rotatable bonds is 6. The molecule has 0 fully saturated rings. The number of ether oxygens (including phenoxy) is 2. The van der Waals surface area contributed by atoms with E-state index in [1.165, 1.54) is 5.56 Å². The van der Waals surface area contributed by atoms with Gasteiger partial charge in [0.15, 0.2) is 0 Å². The monoisotopic (exact) mass is 304 g/mol. The van der Waals surface area contributed by atoms with Gasteiger partial charge in [-0.25, -0.2) is 0 Å². The Kier molecular flexibility index (Phi) is 5.23. The predicted octanol–water partition coefficient (Wildman–Crippen LogP) is 4.22. The molecule has 21 heavy (non-hydrogen) atoms. The smallest absolute Gasteiger partial charge is 0.252 e. The van der Waals surface area contributed by atoms with E-state index in [1.807, 2.05) is 24.3 Å². The fraction of sp³-hybridized carbons (Fsp3) is 0.235. The third-order valence-electron chi connectivity index (χ3n) is 3.25. The van der Waals surface area contributed by atoms with E-state index in [4.69, 9.17) is 21.1 Å². The Labute approximate surface area is 129 Å². The number of hydrogen-bond acceptors (Lipinski definition) is 3. The summed E-state index contributed by atoms with van der Waals surface area (Å²) in [5.41, 5.74) is 2.39. The summed E-state index contributed by atoms with van der Waals surface area (Å²) in [6.45, 7) is 2.36. The largest absolute Gasteiger partial charge is 0.497 e. The van der Waals surface area contributed by atoms with Crippen LogP contribution in [0.5, 0.6) is 11.5 Å². The SMILES string of the molecule is CCc1ccc(OCc2cc(OC)ccc2C(=O)Cl)cc1. The van der Waals surface area contributed by atoms with Gasteiger partial charge in [0.1, 0.15) is 18.1 Å². The van der Waals surface area contributed by atoms with Crippen molar-refractivity contribution in [1.29, 1.82) is 0 Å². The van der Waals surface area contributed by atoms with Crippen LogP contribution in [0.4, 0.5) is 0 Å². The maximum atomic E-state index is 11.4. The number of carbonyl (C=O) groups is 1. The predicted molar refractivity (Wildman–Crippen MR) is 83.3 cm³/mol. The Balaban J connectivity index is 2.15. The van der Waals surface area contributed by atoms with Gasteiger partial charge < -0.3 is 9.47 Å². The van der Waals surface area contributed by atoms with Crippen molar-refractivity contribution in [2.75, 3.05) is 7.11 Å². The standard InChI is InChI=1S/C17H17ClO3/c1-3-12-4-6-14(7-5-12)21-11-13-10-15(20-2)8-9-16(13)17(18)19/h4-10H,3,11H2,1-2H3. The molecule has 0 aliphatic heterocycles. The van der Waals surface area contributed by atoms with Gasteiger partial charge in [-0.05, 0) is 53.9 Å². The minimum absolute atomic E-state index is 0.260. The van der Waals surface area contributed by atoms with Gasteiger partial charge in [0.05, 0.1) is 7.11 Å². The van der Waals surface area contributed by atoms with E-state index in [0.29, 0.717) is 16.9 Å². The number of methoxy groups -OCH3 is 1. The highest BCUT2D eigenvalue weighted by Crippen LogP contribution is 2.22. The number of benzene rings is 2. The molecule has 2 aromatic carbocycles. The van der Waals surface area contributed by atoms with Crippen LogP contribution in [0.15, 0.2) is 42.5 Å². The number of carbonyl (C=O) groups excluding carboxylic acids is 1. The van der Waals surface area contributed by atoms with Crippen LogP contribution in [0.3, 0.4) is 0 Å². The first-order chi connectivity index (χ1) is 10.1. The third-order valence-corrected chi connectivity index (χ3v) is 3.45. The lowest BCUT2D eigenvalue weighted by molar-refractivity contribution is 0.107. The summed E-state index contributed by atoms with van der Waals surface area (Å²) in [5, 5.41) is -0.502. The topological polar surface area (TPSA) is 35.5 Å². The van der Waals surface area contributed by atoms with Crippen molar-refractivity contribution < 1.29 is 14.3 Å². The molecule has 4 heteroatoms. The van der Waals surface area contributed by atoms with Gasteiger partial charge >= 0.3 is 0 Å². The van der Waals surface area contributed by atoms with E-state index in [2.05, 4.69) is 6.92 Å². The van der Waals surface area contributed by atoms with Crippen LogP contribution in [0.25, 0.3) is 0 Å². The second-order valence-electron chi connectivity index (χ2n) is 4.58. The molecule has 0 amide bonds. The van der Waals surface area contributed by atoms with Crippen LogP contribution < -0.4 is 9.47 Å². The van der Waals surface area contributed by atoms with Crippen LogP contribution in [-0.2, 0) is 13.0 Å². The molecule has 3 nitrogen and oxygen atoms in total. The first-order valence-electron chi connectivity index (χ1n) is 6.72. The average molecular weight is 305 g/mol. The molecule has 0 aliphatic rings. The van der Waals surface area contributed by atoms with Crippen molar-refractivity contribution in [2.45, 2.75) is 20.0 Å². The maximum absolute atomic E-state index is 11.4. The van der Waals surface area contributed by atoms with Crippen molar-refractivity contribution >= 4 is 16.8 Å². The molecule has 0 saturated carbocycles. The summed E-state index contributed by atoms with van der Waals surface area (Å²) >= 11 is 5.59. The zero-order valence-electron chi connectivity index (χ0n) is 12.1. The highest BCUT2D eigenvalue weighted by molar-refractivity contribution is 6.67. The Morgan fingerprint density at radius 2 is 1.76 bits per heavy atom. The Bertz CT molecular complexity index is 620. The van der Waals surface area contributed by atoms with E-state index >= 15 is 0 Å². The Morgan fingerprint density at radius 1 is 1.10 bits per heavy atom. The molecule has 0 aromatic heterocycles. The minimum Gasteiger partial charge on any atom is -0.497 e. The minimum atomic E-state index is -0.502. The number of hydrogen-bond donors (Lipinski definition) is 0. The van der Waals surface area contributed by atoms with E-state index in [0.717, 1.165) is 12.2 Å². The fourth-order valence-electron chi connectivity index (χ4n) is 1.99. The second-order valence-corrected chi connectivity index (χ2v) is 4.93. The summed E-state index contributed by atoms with van der Waals surface area (Å²) in [6.07, 6.45) is 0.987. The van der Waals surface area contributed by atoms with E-state index < -0.39 is 5.24 Å². The second kappa shape index (κ2) is 7.14. The maximum Gasteiger partial charge on any atom is 0.252 e. The summed E-state index contributed by atoms with van der Waals surface area (Å²) in [6, 6.07) is 13.0. The van der Waals surface area contributed by atoms with Gasteiger partial charge in [0, 0.05) is 11.1 Å². The number of aryl methyl sites for hydroxylation is 1.